The van der Waals surface area contributed by atoms with Crippen molar-refractivity contribution in [3.63, 3.8) is 0 Å². The number of fused-ring (bicyclic) bond motifs is 5. The normalized spacial score (nSPS) is 12.8. The summed E-state index contributed by atoms with van der Waals surface area (Å²) in [6.07, 6.45) is 0. The smallest absolute Gasteiger partial charge is 0.0540 e. The Kier molecular flexibility index (Phi) is 7.56. The fourth-order valence-corrected chi connectivity index (χ4v) is 8.53. The molecule has 0 radical (unpaired) electrons. The van der Waals surface area contributed by atoms with Gasteiger partial charge in [0.25, 0.3) is 0 Å². The van der Waals surface area contributed by atoms with Gasteiger partial charge < -0.3 is 4.90 Å². The van der Waals surface area contributed by atoms with Gasteiger partial charge in [0.1, 0.15) is 0 Å². The molecule has 10 rings (SSSR count). The first-order valence-corrected chi connectivity index (χ1v) is 18.8. The Balaban J connectivity index is 1.04. The van der Waals surface area contributed by atoms with Crippen LogP contribution in [0.25, 0.3) is 66.1 Å². The van der Waals surface area contributed by atoms with E-state index in [-0.39, 0.29) is 5.41 Å². The lowest BCUT2D eigenvalue weighted by Crippen LogP contribution is -2.16. The molecule has 0 fully saturated rings. The Labute approximate surface area is 317 Å². The molecule has 0 saturated carbocycles. The highest BCUT2D eigenvalue weighted by atomic mass is 15.1. The number of rotatable bonds is 6. The Bertz CT molecular complexity index is 2820. The third kappa shape index (κ3) is 5.40. The summed E-state index contributed by atoms with van der Waals surface area (Å²) in [6, 6.07) is 73.4. The highest BCUT2D eigenvalue weighted by Gasteiger charge is 2.36. The molecule has 256 valence electrons. The van der Waals surface area contributed by atoms with E-state index in [1.54, 1.807) is 0 Å². The molecule has 1 aliphatic carbocycles. The monoisotopic (exact) mass is 689 g/mol. The maximum absolute atomic E-state index is 2.44. The van der Waals surface area contributed by atoms with E-state index in [1.165, 1.54) is 82.9 Å². The van der Waals surface area contributed by atoms with Crippen molar-refractivity contribution < 1.29 is 0 Å². The molecule has 0 aromatic heterocycles. The summed E-state index contributed by atoms with van der Waals surface area (Å²) < 4.78 is 0. The highest BCUT2D eigenvalue weighted by Crippen LogP contribution is 2.52. The molecular formula is C53H39N. The van der Waals surface area contributed by atoms with Gasteiger partial charge in [0, 0.05) is 22.2 Å². The van der Waals surface area contributed by atoms with Gasteiger partial charge in [-0.1, -0.05) is 172 Å². The molecule has 1 aliphatic rings. The lowest BCUT2D eigenvalue weighted by atomic mass is 9.81. The average molecular weight is 690 g/mol. The summed E-state index contributed by atoms with van der Waals surface area (Å²) in [5.74, 6) is 0. The summed E-state index contributed by atoms with van der Waals surface area (Å²) >= 11 is 0. The molecule has 0 bridgehead atoms. The quantitative estimate of drug-likeness (QED) is 0.168. The van der Waals surface area contributed by atoms with Crippen molar-refractivity contribution in [3.05, 3.63) is 211 Å². The van der Waals surface area contributed by atoms with Gasteiger partial charge in [-0.05, 0) is 114 Å². The summed E-state index contributed by atoms with van der Waals surface area (Å²) in [7, 11) is 0. The lowest BCUT2D eigenvalue weighted by molar-refractivity contribution is 0.660. The maximum Gasteiger partial charge on any atom is 0.0540 e. The van der Waals surface area contributed by atoms with Gasteiger partial charge in [-0.3, -0.25) is 0 Å². The molecule has 9 aromatic rings. The zero-order chi connectivity index (χ0) is 36.2. The topological polar surface area (TPSA) is 3.24 Å². The second-order valence-corrected chi connectivity index (χ2v) is 15.0. The van der Waals surface area contributed by atoms with E-state index < -0.39 is 0 Å². The van der Waals surface area contributed by atoms with Gasteiger partial charge >= 0.3 is 0 Å². The van der Waals surface area contributed by atoms with Crippen molar-refractivity contribution >= 4 is 38.6 Å². The van der Waals surface area contributed by atoms with Crippen LogP contribution >= 0.6 is 0 Å². The number of nitrogens with zero attached hydrogens (tertiary/aromatic N) is 1. The zero-order valence-corrected chi connectivity index (χ0v) is 30.5. The summed E-state index contributed by atoms with van der Waals surface area (Å²) in [6.45, 7) is 4.76. The highest BCUT2D eigenvalue weighted by molar-refractivity contribution is 5.99. The molecule has 9 aromatic carbocycles. The van der Waals surface area contributed by atoms with Gasteiger partial charge in [-0.15, -0.1) is 0 Å². The van der Waals surface area contributed by atoms with E-state index in [1.807, 2.05) is 0 Å². The standard InChI is InChI=1S/C53H39N/c1-53(2)50-34-44(39-21-19-38(20-22-39)36-11-4-3-5-12-36)27-31-48(50)49-32-30-46(35-51(49)53)54(52-18-10-16-41-14-8-9-17-47(41)52)45-28-25-40(26-29-45)43-24-23-37-13-6-7-15-42(37)33-43/h3-35H,1-2H3. The summed E-state index contributed by atoms with van der Waals surface area (Å²) in [4.78, 5) is 2.44. The molecule has 0 heterocycles. The first-order valence-electron chi connectivity index (χ1n) is 18.8. The van der Waals surface area contributed by atoms with E-state index in [0.717, 1.165) is 11.4 Å². The molecule has 0 amide bonds. The van der Waals surface area contributed by atoms with E-state index in [9.17, 15) is 0 Å². The molecular weight excluding hydrogens is 651 g/mol. The van der Waals surface area contributed by atoms with Crippen molar-refractivity contribution in [2.24, 2.45) is 0 Å². The van der Waals surface area contributed by atoms with Crippen LogP contribution < -0.4 is 4.90 Å². The van der Waals surface area contributed by atoms with Gasteiger partial charge in [0.2, 0.25) is 0 Å². The fraction of sp³-hybridized carbons (Fsp3) is 0.0566. The van der Waals surface area contributed by atoms with Crippen molar-refractivity contribution in [2.45, 2.75) is 19.3 Å². The van der Waals surface area contributed by atoms with Crippen LogP contribution in [-0.2, 0) is 5.41 Å². The van der Waals surface area contributed by atoms with Crippen LogP contribution in [0.5, 0.6) is 0 Å². The number of hydrogen-bond acceptors (Lipinski definition) is 1. The Hall–Kier alpha value is -6.70. The molecule has 1 nitrogen and oxygen atoms in total. The zero-order valence-electron chi connectivity index (χ0n) is 30.5. The van der Waals surface area contributed by atoms with E-state index >= 15 is 0 Å². The van der Waals surface area contributed by atoms with Gasteiger partial charge in [-0.25, -0.2) is 0 Å². The van der Waals surface area contributed by atoms with Crippen LogP contribution in [0.3, 0.4) is 0 Å². The predicted molar refractivity (Wildman–Crippen MR) is 230 cm³/mol. The first-order chi connectivity index (χ1) is 26.5. The number of hydrogen-bond donors (Lipinski definition) is 0. The van der Waals surface area contributed by atoms with Crippen LogP contribution in [0.4, 0.5) is 17.1 Å². The number of anilines is 3. The van der Waals surface area contributed by atoms with Gasteiger partial charge in [0.15, 0.2) is 0 Å². The fourth-order valence-electron chi connectivity index (χ4n) is 8.53. The molecule has 0 N–H and O–H groups in total. The van der Waals surface area contributed by atoms with Crippen molar-refractivity contribution in [3.8, 4) is 44.5 Å². The van der Waals surface area contributed by atoms with Crippen molar-refractivity contribution in [1.82, 2.24) is 0 Å². The second kappa shape index (κ2) is 12.8. The Morgan fingerprint density at radius 2 is 0.833 bits per heavy atom. The minimum atomic E-state index is -0.176. The molecule has 1 heteroatoms. The van der Waals surface area contributed by atoms with E-state index in [2.05, 4.69) is 219 Å². The van der Waals surface area contributed by atoms with Crippen LogP contribution in [0.15, 0.2) is 200 Å². The third-order valence-electron chi connectivity index (χ3n) is 11.5. The summed E-state index contributed by atoms with van der Waals surface area (Å²) in [5, 5.41) is 4.97. The van der Waals surface area contributed by atoms with Crippen LogP contribution in [0, 0.1) is 0 Å². The van der Waals surface area contributed by atoms with Crippen molar-refractivity contribution in [2.75, 3.05) is 4.90 Å². The summed E-state index contributed by atoms with van der Waals surface area (Å²) in [5.41, 5.74) is 16.0. The first kappa shape index (κ1) is 32.0. The van der Waals surface area contributed by atoms with Crippen LogP contribution in [0.1, 0.15) is 25.0 Å². The lowest BCUT2D eigenvalue weighted by Gasteiger charge is -2.29. The van der Waals surface area contributed by atoms with Gasteiger partial charge in [0.05, 0.1) is 5.69 Å². The molecule has 0 spiro atoms. The molecule has 0 aliphatic heterocycles. The predicted octanol–water partition coefficient (Wildman–Crippen LogP) is 14.8. The minimum absolute atomic E-state index is 0.176. The van der Waals surface area contributed by atoms with E-state index in [0.29, 0.717) is 0 Å². The molecule has 0 atom stereocenters. The average Bonchev–Trinajstić information content (AvgIpc) is 3.46. The SMILES string of the molecule is CC1(C)c2cc(-c3ccc(-c4ccccc4)cc3)ccc2-c2ccc(N(c3ccc(-c4ccc5ccccc5c4)cc3)c3cccc4ccccc34)cc21. The van der Waals surface area contributed by atoms with Crippen molar-refractivity contribution in [1.29, 1.82) is 0 Å². The second-order valence-electron chi connectivity index (χ2n) is 15.0. The largest absolute Gasteiger partial charge is 0.310 e. The molecule has 0 unspecified atom stereocenters. The maximum atomic E-state index is 2.44. The van der Waals surface area contributed by atoms with Crippen LogP contribution in [-0.4, -0.2) is 0 Å². The molecule has 0 saturated heterocycles. The Morgan fingerprint density at radius 1 is 0.333 bits per heavy atom. The Morgan fingerprint density at radius 3 is 1.59 bits per heavy atom. The third-order valence-corrected chi connectivity index (χ3v) is 11.5. The van der Waals surface area contributed by atoms with Gasteiger partial charge in [-0.2, -0.15) is 0 Å². The van der Waals surface area contributed by atoms with E-state index in [4.69, 9.17) is 0 Å². The minimum Gasteiger partial charge on any atom is -0.310 e. The number of benzene rings is 9. The van der Waals surface area contributed by atoms with Crippen LogP contribution in [0.2, 0.25) is 0 Å². The molecule has 54 heavy (non-hydrogen) atoms.